The number of Topliss-reactive ketones (excluding diaryl/α,β-unsaturated/α-hetero) is 1. The molecule has 1 aliphatic heterocycles. The van der Waals surface area contributed by atoms with Crippen molar-refractivity contribution >= 4 is 11.7 Å². The molecule has 0 atom stereocenters. The molecular weight excluding hydrogens is 408 g/mol. The third kappa shape index (κ3) is 4.08. The third-order valence-electron chi connectivity index (χ3n) is 5.90. The van der Waals surface area contributed by atoms with Crippen molar-refractivity contribution in [3.05, 3.63) is 64.7 Å². The van der Waals surface area contributed by atoms with Crippen molar-refractivity contribution in [2.45, 2.75) is 12.8 Å². The molecule has 0 N–H and O–H groups in total. The first kappa shape index (κ1) is 21.5. The van der Waals surface area contributed by atoms with Gasteiger partial charge in [0.25, 0.3) is 5.56 Å². The summed E-state index contributed by atoms with van der Waals surface area (Å²) >= 11 is 0. The molecule has 8 nitrogen and oxygen atoms in total. The van der Waals surface area contributed by atoms with Crippen LogP contribution >= 0.6 is 0 Å². The van der Waals surface area contributed by atoms with E-state index in [4.69, 9.17) is 14.5 Å². The lowest BCUT2D eigenvalue weighted by Gasteiger charge is -2.33. The number of rotatable bonds is 6. The van der Waals surface area contributed by atoms with Crippen LogP contribution in [0.5, 0.6) is 11.5 Å². The average molecular weight is 434 g/mol. The fourth-order valence-corrected chi connectivity index (χ4v) is 4.12. The first-order valence-corrected chi connectivity index (χ1v) is 10.5. The number of benzene rings is 1. The molecule has 1 fully saturated rings. The molecule has 0 saturated carbocycles. The van der Waals surface area contributed by atoms with Crippen LogP contribution in [0.2, 0.25) is 0 Å². The number of carbonyl (C=O) groups is 1. The topological polar surface area (TPSA) is 86.5 Å². The summed E-state index contributed by atoms with van der Waals surface area (Å²) in [5, 5.41) is 0. The van der Waals surface area contributed by atoms with Crippen LogP contribution in [0, 0.1) is 5.92 Å². The van der Waals surface area contributed by atoms with Crippen molar-refractivity contribution in [3.63, 3.8) is 0 Å². The molecular formula is C24H26N4O4. The predicted molar refractivity (Wildman–Crippen MR) is 122 cm³/mol. The van der Waals surface area contributed by atoms with E-state index in [-0.39, 0.29) is 17.3 Å². The summed E-state index contributed by atoms with van der Waals surface area (Å²) in [5.74, 6) is 1.54. The summed E-state index contributed by atoms with van der Waals surface area (Å²) in [6.45, 7) is 1.26. The molecule has 3 heterocycles. The molecule has 4 rings (SSSR count). The molecule has 1 aromatic carbocycles. The van der Waals surface area contributed by atoms with Crippen LogP contribution in [0.4, 0.5) is 5.95 Å². The molecule has 3 aromatic rings. The second kappa shape index (κ2) is 9.21. The molecule has 0 unspecified atom stereocenters. The summed E-state index contributed by atoms with van der Waals surface area (Å²) in [6.07, 6.45) is 4.68. The van der Waals surface area contributed by atoms with Crippen LogP contribution in [0.3, 0.4) is 0 Å². The number of nitrogens with zero attached hydrogens (tertiary/aromatic N) is 4. The number of carbonyl (C=O) groups excluding carboxylic acids is 1. The van der Waals surface area contributed by atoms with E-state index >= 15 is 0 Å². The minimum atomic E-state index is -0.132. The molecule has 8 heteroatoms. The Bertz CT molecular complexity index is 1170. The van der Waals surface area contributed by atoms with Crippen molar-refractivity contribution in [1.29, 1.82) is 0 Å². The zero-order valence-corrected chi connectivity index (χ0v) is 18.4. The van der Waals surface area contributed by atoms with Gasteiger partial charge in [-0.05, 0) is 37.1 Å². The number of ketones is 1. The number of ether oxygens (including phenoxy) is 2. The Morgan fingerprint density at radius 3 is 2.44 bits per heavy atom. The number of pyridine rings is 1. The Balaban J connectivity index is 1.54. The standard InChI is InChI=1S/C24H26N4O4/c1-27-21(29)15-19(16-7-11-25-12-8-16)26-24(27)28-13-9-17(10-14-28)22(30)18-5-4-6-20(31-2)23(18)32-3/h4-8,11-12,15,17H,9-10,13-14H2,1-3H3. The van der Waals surface area contributed by atoms with Crippen molar-refractivity contribution in [2.24, 2.45) is 13.0 Å². The second-order valence-corrected chi connectivity index (χ2v) is 7.74. The van der Waals surface area contributed by atoms with Crippen LogP contribution in [-0.2, 0) is 7.05 Å². The zero-order chi connectivity index (χ0) is 22.7. The molecule has 0 radical (unpaired) electrons. The Kier molecular flexibility index (Phi) is 6.20. The van der Waals surface area contributed by atoms with Gasteiger partial charge in [-0.25, -0.2) is 4.98 Å². The van der Waals surface area contributed by atoms with Gasteiger partial charge in [0, 0.05) is 50.1 Å². The summed E-state index contributed by atoms with van der Waals surface area (Å²) in [7, 11) is 4.82. The Morgan fingerprint density at radius 2 is 1.78 bits per heavy atom. The van der Waals surface area contributed by atoms with E-state index in [0.29, 0.717) is 54.6 Å². The normalized spacial score (nSPS) is 14.3. The summed E-state index contributed by atoms with van der Waals surface area (Å²) in [4.78, 5) is 36.6. The highest BCUT2D eigenvalue weighted by molar-refractivity contribution is 6.01. The van der Waals surface area contributed by atoms with Crippen molar-refractivity contribution < 1.29 is 14.3 Å². The van der Waals surface area contributed by atoms with Crippen molar-refractivity contribution in [1.82, 2.24) is 14.5 Å². The highest BCUT2D eigenvalue weighted by Crippen LogP contribution is 2.34. The smallest absolute Gasteiger partial charge is 0.255 e. The van der Waals surface area contributed by atoms with Gasteiger partial charge in [-0.3, -0.25) is 19.1 Å². The fraction of sp³-hybridized carbons (Fsp3) is 0.333. The predicted octanol–water partition coefficient (Wildman–Crippen LogP) is 2.96. The molecule has 166 valence electrons. The van der Waals surface area contributed by atoms with E-state index in [1.54, 1.807) is 56.4 Å². The number of methoxy groups -OCH3 is 2. The van der Waals surface area contributed by atoms with Crippen molar-refractivity contribution in [3.8, 4) is 22.8 Å². The lowest BCUT2D eigenvalue weighted by Crippen LogP contribution is -2.40. The first-order chi connectivity index (χ1) is 15.5. The Hall–Kier alpha value is -3.68. The third-order valence-corrected chi connectivity index (χ3v) is 5.90. The Labute approximate surface area is 186 Å². The Morgan fingerprint density at radius 1 is 1.06 bits per heavy atom. The highest BCUT2D eigenvalue weighted by Gasteiger charge is 2.30. The number of para-hydroxylation sites is 1. The molecule has 2 aromatic heterocycles. The number of hydrogen-bond donors (Lipinski definition) is 0. The number of anilines is 1. The first-order valence-electron chi connectivity index (χ1n) is 10.5. The van der Waals surface area contributed by atoms with E-state index in [0.717, 1.165) is 5.56 Å². The minimum Gasteiger partial charge on any atom is -0.493 e. The van der Waals surface area contributed by atoms with Gasteiger partial charge in [0.15, 0.2) is 17.3 Å². The lowest BCUT2D eigenvalue weighted by molar-refractivity contribution is 0.0896. The average Bonchev–Trinajstić information content (AvgIpc) is 2.85. The monoisotopic (exact) mass is 434 g/mol. The number of piperidine rings is 1. The van der Waals surface area contributed by atoms with Gasteiger partial charge < -0.3 is 14.4 Å². The maximum atomic E-state index is 13.2. The van der Waals surface area contributed by atoms with Crippen LogP contribution in [0.15, 0.2) is 53.6 Å². The van der Waals surface area contributed by atoms with E-state index in [1.807, 2.05) is 12.1 Å². The van der Waals surface area contributed by atoms with Gasteiger partial charge >= 0.3 is 0 Å². The van der Waals surface area contributed by atoms with Crippen LogP contribution in [-0.4, -0.2) is 47.6 Å². The molecule has 0 amide bonds. The van der Waals surface area contributed by atoms with E-state index in [1.165, 1.54) is 6.07 Å². The van der Waals surface area contributed by atoms with Crippen LogP contribution < -0.4 is 19.9 Å². The van der Waals surface area contributed by atoms with Gasteiger partial charge in [0.2, 0.25) is 5.95 Å². The SMILES string of the molecule is COc1cccc(C(=O)C2CCN(c3nc(-c4ccncc4)cc(=O)n3C)CC2)c1OC. The van der Waals surface area contributed by atoms with E-state index < -0.39 is 0 Å². The van der Waals surface area contributed by atoms with E-state index in [2.05, 4.69) is 9.88 Å². The molecule has 0 spiro atoms. The van der Waals surface area contributed by atoms with E-state index in [9.17, 15) is 9.59 Å². The van der Waals surface area contributed by atoms with Crippen LogP contribution in [0.25, 0.3) is 11.3 Å². The number of aromatic nitrogens is 3. The lowest BCUT2D eigenvalue weighted by atomic mass is 9.88. The van der Waals surface area contributed by atoms with Gasteiger partial charge in [-0.15, -0.1) is 0 Å². The van der Waals surface area contributed by atoms with Gasteiger partial charge in [-0.1, -0.05) is 6.07 Å². The molecule has 32 heavy (non-hydrogen) atoms. The second-order valence-electron chi connectivity index (χ2n) is 7.74. The highest BCUT2D eigenvalue weighted by atomic mass is 16.5. The van der Waals surface area contributed by atoms with Gasteiger partial charge in [0.05, 0.1) is 25.5 Å². The zero-order valence-electron chi connectivity index (χ0n) is 18.4. The molecule has 1 saturated heterocycles. The maximum absolute atomic E-state index is 13.2. The summed E-state index contributed by atoms with van der Waals surface area (Å²) in [5.41, 5.74) is 1.87. The largest absolute Gasteiger partial charge is 0.493 e. The van der Waals surface area contributed by atoms with Gasteiger partial charge in [-0.2, -0.15) is 0 Å². The molecule has 0 aliphatic carbocycles. The number of hydrogen-bond acceptors (Lipinski definition) is 7. The summed E-state index contributed by atoms with van der Waals surface area (Å²) < 4.78 is 12.3. The van der Waals surface area contributed by atoms with Gasteiger partial charge in [0.1, 0.15) is 0 Å². The quantitative estimate of drug-likeness (QED) is 0.551. The maximum Gasteiger partial charge on any atom is 0.255 e. The minimum absolute atomic E-state index is 0.0489. The fourth-order valence-electron chi connectivity index (χ4n) is 4.12. The van der Waals surface area contributed by atoms with Crippen molar-refractivity contribution in [2.75, 3.05) is 32.2 Å². The molecule has 1 aliphatic rings. The molecule has 0 bridgehead atoms. The summed E-state index contributed by atoms with van der Waals surface area (Å²) in [6, 6.07) is 10.5. The van der Waals surface area contributed by atoms with Crippen LogP contribution in [0.1, 0.15) is 23.2 Å².